The van der Waals surface area contributed by atoms with Crippen LogP contribution in [0.1, 0.15) is 0 Å². The molecule has 0 aliphatic heterocycles. The summed E-state index contributed by atoms with van der Waals surface area (Å²) in [7, 11) is 0. The normalized spacial score (nSPS) is 10.8. The van der Waals surface area contributed by atoms with Crippen molar-refractivity contribution in [3.05, 3.63) is 42.5 Å². The Hall–Kier alpha value is -1.72. The smallest absolute Gasteiger partial charge is 0.188 e. The van der Waals surface area contributed by atoms with Gasteiger partial charge in [-0.1, -0.05) is 23.5 Å². The summed E-state index contributed by atoms with van der Waals surface area (Å²) in [4.78, 5) is 5.78. The number of hydrogen-bond donors (Lipinski definition) is 2. The molecule has 0 aliphatic carbocycles. The van der Waals surface area contributed by atoms with Crippen LogP contribution in [0.2, 0.25) is 0 Å². The zero-order valence-electron chi connectivity index (χ0n) is 10.4. The van der Waals surface area contributed by atoms with Crippen LogP contribution >= 0.6 is 23.1 Å². The zero-order valence-corrected chi connectivity index (χ0v) is 12.0. The molecule has 0 bridgehead atoms. The Bertz CT molecular complexity index is 722. The van der Waals surface area contributed by atoms with E-state index >= 15 is 0 Å². The minimum Gasteiger partial charge on any atom is -0.399 e. The summed E-state index contributed by atoms with van der Waals surface area (Å²) in [5.74, 6) is 0. The van der Waals surface area contributed by atoms with Crippen molar-refractivity contribution in [1.29, 1.82) is 0 Å². The molecule has 0 fully saturated rings. The highest BCUT2D eigenvalue weighted by Gasteiger charge is 2.06. The SMILES string of the molecule is CSc1ccccc1Nc1nc2ccc(N)cc2s1. The summed E-state index contributed by atoms with van der Waals surface area (Å²) in [6.07, 6.45) is 2.07. The van der Waals surface area contributed by atoms with Crippen LogP contribution in [-0.2, 0) is 0 Å². The standard InChI is InChI=1S/C14H13N3S2/c1-18-12-5-3-2-4-10(12)16-14-17-11-7-6-9(15)8-13(11)19-14/h2-8H,15H2,1H3,(H,16,17). The summed E-state index contributed by atoms with van der Waals surface area (Å²) >= 11 is 3.33. The van der Waals surface area contributed by atoms with Crippen molar-refractivity contribution in [3.63, 3.8) is 0 Å². The highest BCUT2D eigenvalue weighted by Crippen LogP contribution is 2.32. The third kappa shape index (κ3) is 2.52. The number of hydrogen-bond acceptors (Lipinski definition) is 5. The maximum Gasteiger partial charge on any atom is 0.188 e. The fraction of sp³-hybridized carbons (Fsp3) is 0.0714. The molecule has 1 heterocycles. The molecule has 5 heteroatoms. The highest BCUT2D eigenvalue weighted by molar-refractivity contribution is 7.98. The van der Waals surface area contributed by atoms with Crippen molar-refractivity contribution in [3.8, 4) is 0 Å². The lowest BCUT2D eigenvalue weighted by Crippen LogP contribution is -1.90. The molecule has 0 saturated heterocycles. The molecule has 0 radical (unpaired) electrons. The average molecular weight is 287 g/mol. The Kier molecular flexibility index (Phi) is 3.31. The van der Waals surface area contributed by atoms with E-state index in [9.17, 15) is 0 Å². The van der Waals surface area contributed by atoms with Crippen molar-refractivity contribution < 1.29 is 0 Å². The van der Waals surface area contributed by atoms with Gasteiger partial charge in [0.15, 0.2) is 5.13 Å². The molecule has 0 amide bonds. The molecule has 0 saturated carbocycles. The van der Waals surface area contributed by atoms with Gasteiger partial charge < -0.3 is 11.1 Å². The Morgan fingerprint density at radius 3 is 2.89 bits per heavy atom. The molecule has 2 aromatic carbocycles. The molecule has 0 unspecified atom stereocenters. The van der Waals surface area contributed by atoms with E-state index in [2.05, 4.69) is 28.7 Å². The van der Waals surface area contributed by atoms with Crippen LogP contribution < -0.4 is 11.1 Å². The van der Waals surface area contributed by atoms with Crippen molar-refractivity contribution in [2.24, 2.45) is 0 Å². The molecule has 3 rings (SSSR count). The number of thiazole rings is 1. The maximum absolute atomic E-state index is 5.79. The third-order valence-corrected chi connectivity index (χ3v) is 4.49. The van der Waals surface area contributed by atoms with Gasteiger partial charge in [0.2, 0.25) is 0 Å². The number of fused-ring (bicyclic) bond motifs is 1. The van der Waals surface area contributed by atoms with E-state index in [4.69, 9.17) is 5.73 Å². The van der Waals surface area contributed by atoms with Crippen LogP contribution in [0.15, 0.2) is 47.4 Å². The predicted molar refractivity (Wildman–Crippen MR) is 85.5 cm³/mol. The van der Waals surface area contributed by atoms with E-state index < -0.39 is 0 Å². The van der Waals surface area contributed by atoms with Gasteiger partial charge in [0.1, 0.15) is 0 Å². The van der Waals surface area contributed by atoms with Crippen LogP contribution in [0, 0.1) is 0 Å². The summed E-state index contributed by atoms with van der Waals surface area (Å²) in [6.45, 7) is 0. The average Bonchev–Trinajstić information content (AvgIpc) is 2.80. The predicted octanol–water partition coefficient (Wildman–Crippen LogP) is 4.34. The fourth-order valence-electron chi connectivity index (χ4n) is 1.86. The van der Waals surface area contributed by atoms with Crippen molar-refractivity contribution in [2.75, 3.05) is 17.3 Å². The van der Waals surface area contributed by atoms with Crippen molar-refractivity contribution in [2.45, 2.75) is 4.90 Å². The Morgan fingerprint density at radius 2 is 2.05 bits per heavy atom. The first-order chi connectivity index (χ1) is 9.26. The molecular weight excluding hydrogens is 274 g/mol. The lowest BCUT2D eigenvalue weighted by molar-refractivity contribution is 1.38. The van der Waals surface area contributed by atoms with Crippen LogP contribution in [0.25, 0.3) is 10.2 Å². The van der Waals surface area contributed by atoms with Crippen LogP contribution in [-0.4, -0.2) is 11.2 Å². The monoisotopic (exact) mass is 287 g/mol. The quantitative estimate of drug-likeness (QED) is 0.555. The number of nitrogen functional groups attached to an aromatic ring is 1. The fourth-order valence-corrected chi connectivity index (χ4v) is 3.34. The second-order valence-electron chi connectivity index (χ2n) is 4.07. The molecular formula is C14H13N3S2. The minimum atomic E-state index is 0.771. The molecule has 1 aromatic heterocycles. The van der Waals surface area contributed by atoms with Crippen molar-refractivity contribution in [1.82, 2.24) is 4.98 Å². The molecule has 0 spiro atoms. The number of rotatable bonds is 3. The van der Waals surface area contributed by atoms with Gasteiger partial charge in [-0.2, -0.15) is 0 Å². The first-order valence-electron chi connectivity index (χ1n) is 5.82. The van der Waals surface area contributed by atoms with E-state index in [-0.39, 0.29) is 0 Å². The van der Waals surface area contributed by atoms with Crippen LogP contribution in [0.4, 0.5) is 16.5 Å². The van der Waals surface area contributed by atoms with E-state index in [0.29, 0.717) is 0 Å². The van der Waals surface area contributed by atoms with Gasteiger partial charge in [0.05, 0.1) is 15.9 Å². The molecule has 0 aliphatic rings. The van der Waals surface area contributed by atoms with Gasteiger partial charge >= 0.3 is 0 Å². The molecule has 3 N–H and O–H groups in total. The molecule has 96 valence electrons. The summed E-state index contributed by atoms with van der Waals surface area (Å²) in [6, 6.07) is 14.0. The van der Waals surface area contributed by atoms with Crippen LogP contribution in [0.5, 0.6) is 0 Å². The number of nitrogens with two attached hydrogens (primary N) is 1. The summed E-state index contributed by atoms with van der Waals surface area (Å²) < 4.78 is 1.10. The number of benzene rings is 2. The highest BCUT2D eigenvalue weighted by atomic mass is 32.2. The Balaban J connectivity index is 1.96. The Morgan fingerprint density at radius 1 is 1.21 bits per heavy atom. The number of aromatic nitrogens is 1. The molecule has 3 aromatic rings. The lowest BCUT2D eigenvalue weighted by atomic mass is 10.3. The molecule has 3 nitrogen and oxygen atoms in total. The number of nitrogens with zero attached hydrogens (tertiary/aromatic N) is 1. The van der Waals surface area contributed by atoms with Crippen molar-refractivity contribution >= 4 is 49.8 Å². The number of para-hydroxylation sites is 1. The first-order valence-corrected chi connectivity index (χ1v) is 7.86. The zero-order chi connectivity index (χ0) is 13.2. The second kappa shape index (κ2) is 5.11. The minimum absolute atomic E-state index is 0.771. The number of thioether (sulfide) groups is 1. The largest absolute Gasteiger partial charge is 0.399 e. The van der Waals surface area contributed by atoms with Gasteiger partial charge in [-0.15, -0.1) is 11.8 Å². The van der Waals surface area contributed by atoms with E-state index in [1.807, 2.05) is 30.3 Å². The van der Waals surface area contributed by atoms with Gasteiger partial charge in [0.25, 0.3) is 0 Å². The van der Waals surface area contributed by atoms with Gasteiger partial charge in [0, 0.05) is 10.6 Å². The maximum atomic E-state index is 5.79. The second-order valence-corrected chi connectivity index (χ2v) is 5.95. The summed E-state index contributed by atoms with van der Waals surface area (Å²) in [5, 5.41) is 4.27. The lowest BCUT2D eigenvalue weighted by Gasteiger charge is -2.06. The topological polar surface area (TPSA) is 50.9 Å². The van der Waals surface area contributed by atoms with E-state index in [1.54, 1.807) is 23.1 Å². The number of anilines is 3. The molecule has 0 atom stereocenters. The van der Waals surface area contributed by atoms with Gasteiger partial charge in [-0.3, -0.25) is 0 Å². The third-order valence-electron chi connectivity index (χ3n) is 2.76. The van der Waals surface area contributed by atoms with Gasteiger partial charge in [-0.25, -0.2) is 4.98 Å². The van der Waals surface area contributed by atoms with E-state index in [1.165, 1.54) is 4.90 Å². The molecule has 19 heavy (non-hydrogen) atoms. The Labute approximate surface area is 119 Å². The first kappa shape index (κ1) is 12.3. The van der Waals surface area contributed by atoms with E-state index in [0.717, 1.165) is 26.7 Å². The summed E-state index contributed by atoms with van der Waals surface area (Å²) in [5.41, 5.74) is 8.62. The van der Waals surface area contributed by atoms with Gasteiger partial charge in [-0.05, 0) is 36.6 Å². The van der Waals surface area contributed by atoms with Crippen LogP contribution in [0.3, 0.4) is 0 Å². The number of nitrogens with one attached hydrogen (secondary N) is 1.